The lowest BCUT2D eigenvalue weighted by atomic mass is 10.1. The highest BCUT2D eigenvalue weighted by molar-refractivity contribution is 5.96. The summed E-state index contributed by atoms with van der Waals surface area (Å²) in [4.78, 5) is 4.24. The molecular weight excluding hydrogens is 186 g/mol. The third kappa shape index (κ3) is 1.31. The summed E-state index contributed by atoms with van der Waals surface area (Å²) in [5.74, 6) is 0.880. The number of hydrogen-bond acceptors (Lipinski definition) is 2. The van der Waals surface area contributed by atoms with Gasteiger partial charge in [-0.25, -0.2) is 0 Å². The van der Waals surface area contributed by atoms with Gasteiger partial charge in [0.2, 0.25) is 0 Å². The molecule has 3 rings (SSSR count). The van der Waals surface area contributed by atoms with Crippen molar-refractivity contribution in [3.05, 3.63) is 58.7 Å². The fourth-order valence-electron chi connectivity index (χ4n) is 1.73. The molecule has 0 aliphatic carbocycles. The van der Waals surface area contributed by atoms with E-state index in [1.54, 1.807) is 6.26 Å². The van der Waals surface area contributed by atoms with Crippen LogP contribution in [-0.2, 0) is 4.74 Å². The fraction of sp³-hybridized carbons (Fsp3) is 0. The minimum atomic E-state index is 0.880. The van der Waals surface area contributed by atoms with E-state index in [0.717, 1.165) is 21.8 Å². The SMILES string of the molecule is C1=COC2=c3ccccc3=CN=CC2=C1. The molecule has 0 spiro atoms. The van der Waals surface area contributed by atoms with Crippen molar-refractivity contribution in [2.24, 2.45) is 4.99 Å². The minimum absolute atomic E-state index is 0.880. The summed E-state index contributed by atoms with van der Waals surface area (Å²) in [6.07, 6.45) is 9.23. The molecule has 2 nitrogen and oxygen atoms in total. The molecule has 0 fully saturated rings. The molecule has 0 amide bonds. The molecular formula is C13H9NO. The Morgan fingerprint density at radius 1 is 1.13 bits per heavy atom. The number of ether oxygens (including phenoxy) is 1. The first-order valence-corrected chi connectivity index (χ1v) is 4.82. The molecule has 0 N–H and O–H groups in total. The van der Waals surface area contributed by atoms with Crippen molar-refractivity contribution in [3.8, 4) is 0 Å². The summed E-state index contributed by atoms with van der Waals surface area (Å²) in [5.41, 5.74) is 1.01. The molecule has 0 saturated carbocycles. The van der Waals surface area contributed by atoms with Crippen molar-refractivity contribution in [1.29, 1.82) is 0 Å². The average Bonchev–Trinajstić information content (AvgIpc) is 2.48. The molecule has 2 heterocycles. The quantitative estimate of drug-likeness (QED) is 0.607. The third-order valence-corrected chi connectivity index (χ3v) is 2.44. The van der Waals surface area contributed by atoms with E-state index in [4.69, 9.17) is 4.74 Å². The minimum Gasteiger partial charge on any atom is -0.464 e. The Hall–Kier alpha value is -2.09. The van der Waals surface area contributed by atoms with Crippen LogP contribution in [0.2, 0.25) is 0 Å². The van der Waals surface area contributed by atoms with Gasteiger partial charge in [-0.05, 0) is 12.2 Å². The van der Waals surface area contributed by atoms with E-state index >= 15 is 0 Å². The maximum absolute atomic E-state index is 5.54. The lowest BCUT2D eigenvalue weighted by Gasteiger charge is -2.09. The van der Waals surface area contributed by atoms with Crippen LogP contribution >= 0.6 is 0 Å². The number of aliphatic imine (C=N–C) groups is 1. The predicted molar refractivity (Wildman–Crippen MR) is 60.4 cm³/mol. The van der Waals surface area contributed by atoms with Crippen LogP contribution in [-0.4, -0.2) is 6.21 Å². The standard InChI is InChI=1S/C13H9NO/c1-2-6-12-10(4-1)8-14-9-11-5-3-7-15-13(11)12/h1-9H. The summed E-state index contributed by atoms with van der Waals surface area (Å²) in [7, 11) is 0. The highest BCUT2D eigenvalue weighted by Crippen LogP contribution is 2.15. The molecule has 1 aromatic rings. The zero-order valence-corrected chi connectivity index (χ0v) is 8.05. The number of benzene rings is 1. The Bertz CT molecular complexity index is 606. The Kier molecular flexibility index (Phi) is 1.78. The topological polar surface area (TPSA) is 21.6 Å². The van der Waals surface area contributed by atoms with E-state index in [9.17, 15) is 0 Å². The first-order valence-electron chi connectivity index (χ1n) is 4.82. The second-order valence-electron chi connectivity index (χ2n) is 3.39. The van der Waals surface area contributed by atoms with E-state index in [0.29, 0.717) is 0 Å². The normalized spacial score (nSPS) is 16.8. The molecule has 0 aromatic heterocycles. The van der Waals surface area contributed by atoms with Crippen molar-refractivity contribution in [2.45, 2.75) is 0 Å². The molecule has 0 unspecified atom stereocenters. The van der Waals surface area contributed by atoms with Gasteiger partial charge in [0.05, 0.1) is 6.26 Å². The summed E-state index contributed by atoms with van der Waals surface area (Å²) in [5, 5.41) is 2.17. The van der Waals surface area contributed by atoms with E-state index in [-0.39, 0.29) is 0 Å². The molecule has 0 saturated heterocycles. The van der Waals surface area contributed by atoms with Crippen molar-refractivity contribution in [1.82, 2.24) is 0 Å². The van der Waals surface area contributed by atoms with Gasteiger partial charge in [-0.15, -0.1) is 0 Å². The second kappa shape index (κ2) is 3.24. The Morgan fingerprint density at radius 2 is 2.07 bits per heavy atom. The molecule has 2 aliphatic heterocycles. The van der Waals surface area contributed by atoms with Crippen LogP contribution in [0.4, 0.5) is 0 Å². The average molecular weight is 195 g/mol. The molecule has 0 atom stereocenters. The number of rotatable bonds is 0. The maximum atomic E-state index is 5.54. The third-order valence-electron chi connectivity index (χ3n) is 2.44. The smallest absolute Gasteiger partial charge is 0.143 e. The van der Waals surface area contributed by atoms with Gasteiger partial charge >= 0.3 is 0 Å². The number of allylic oxidation sites excluding steroid dienone is 2. The van der Waals surface area contributed by atoms with Crippen LogP contribution < -0.4 is 10.4 Å². The maximum Gasteiger partial charge on any atom is 0.143 e. The molecule has 72 valence electrons. The fourth-order valence-corrected chi connectivity index (χ4v) is 1.73. The molecule has 15 heavy (non-hydrogen) atoms. The first kappa shape index (κ1) is 8.24. The van der Waals surface area contributed by atoms with E-state index in [1.165, 1.54) is 0 Å². The van der Waals surface area contributed by atoms with Gasteiger partial charge < -0.3 is 4.74 Å². The van der Waals surface area contributed by atoms with Gasteiger partial charge in [-0.1, -0.05) is 24.3 Å². The van der Waals surface area contributed by atoms with Gasteiger partial charge in [0.25, 0.3) is 0 Å². The Morgan fingerprint density at radius 3 is 3.07 bits per heavy atom. The largest absolute Gasteiger partial charge is 0.464 e. The molecule has 2 aliphatic rings. The molecule has 0 bridgehead atoms. The summed E-state index contributed by atoms with van der Waals surface area (Å²) < 4.78 is 5.54. The monoisotopic (exact) mass is 195 g/mol. The van der Waals surface area contributed by atoms with Crippen LogP contribution in [0.3, 0.4) is 0 Å². The highest BCUT2D eigenvalue weighted by atomic mass is 16.5. The van der Waals surface area contributed by atoms with Gasteiger partial charge in [0.15, 0.2) is 0 Å². The van der Waals surface area contributed by atoms with E-state index in [2.05, 4.69) is 4.99 Å². The summed E-state index contributed by atoms with van der Waals surface area (Å²) in [6.45, 7) is 0. The van der Waals surface area contributed by atoms with Crippen molar-refractivity contribution < 1.29 is 4.74 Å². The zero-order chi connectivity index (χ0) is 10.1. The Labute approximate surface area is 87.2 Å². The van der Waals surface area contributed by atoms with Gasteiger partial charge in [0, 0.05) is 28.4 Å². The summed E-state index contributed by atoms with van der Waals surface area (Å²) in [6, 6.07) is 8.08. The predicted octanol–water partition coefficient (Wildman–Crippen LogP) is 1.09. The lowest BCUT2D eigenvalue weighted by Crippen LogP contribution is -2.26. The number of nitrogens with zero attached hydrogens (tertiary/aromatic N) is 1. The van der Waals surface area contributed by atoms with Crippen molar-refractivity contribution in [2.75, 3.05) is 0 Å². The van der Waals surface area contributed by atoms with Gasteiger partial charge in [-0.2, -0.15) is 0 Å². The zero-order valence-electron chi connectivity index (χ0n) is 8.05. The summed E-state index contributed by atoms with van der Waals surface area (Å²) >= 11 is 0. The second-order valence-corrected chi connectivity index (χ2v) is 3.39. The van der Waals surface area contributed by atoms with E-state index < -0.39 is 0 Å². The van der Waals surface area contributed by atoms with Crippen LogP contribution in [0.25, 0.3) is 12.0 Å². The molecule has 0 radical (unpaired) electrons. The van der Waals surface area contributed by atoms with Gasteiger partial charge in [0.1, 0.15) is 5.76 Å². The lowest BCUT2D eigenvalue weighted by molar-refractivity contribution is 0.430. The van der Waals surface area contributed by atoms with Crippen molar-refractivity contribution in [3.63, 3.8) is 0 Å². The molecule has 1 aromatic carbocycles. The van der Waals surface area contributed by atoms with Crippen LogP contribution in [0.1, 0.15) is 0 Å². The van der Waals surface area contributed by atoms with Crippen LogP contribution in [0.15, 0.2) is 53.2 Å². The number of fused-ring (bicyclic) bond motifs is 2. The van der Waals surface area contributed by atoms with Crippen molar-refractivity contribution >= 4 is 18.2 Å². The Balaban J connectivity index is 2.45. The van der Waals surface area contributed by atoms with E-state index in [1.807, 2.05) is 48.8 Å². The van der Waals surface area contributed by atoms with Crippen LogP contribution in [0.5, 0.6) is 0 Å². The highest BCUT2D eigenvalue weighted by Gasteiger charge is 2.09. The van der Waals surface area contributed by atoms with Crippen LogP contribution in [0, 0.1) is 0 Å². The number of hydrogen-bond donors (Lipinski definition) is 0. The first-order chi connectivity index (χ1) is 7.45. The van der Waals surface area contributed by atoms with Gasteiger partial charge in [-0.3, -0.25) is 4.99 Å². The molecule has 2 heteroatoms.